The van der Waals surface area contributed by atoms with E-state index in [0.717, 1.165) is 5.39 Å². The van der Waals surface area contributed by atoms with Gasteiger partial charge in [-0.25, -0.2) is 4.98 Å². The number of fused-ring (bicyclic) bond motifs is 1. The molecule has 19 heavy (non-hydrogen) atoms. The van der Waals surface area contributed by atoms with Crippen molar-refractivity contribution in [2.75, 3.05) is 0 Å². The summed E-state index contributed by atoms with van der Waals surface area (Å²) in [5, 5.41) is 12.6. The second-order valence-electron chi connectivity index (χ2n) is 4.24. The average Bonchev–Trinajstić information content (AvgIpc) is 2.39. The van der Waals surface area contributed by atoms with E-state index in [1.807, 2.05) is 24.3 Å². The smallest absolute Gasteiger partial charge is 0.270 e. The Labute approximate surface area is 116 Å². The van der Waals surface area contributed by atoms with E-state index in [-0.39, 0.29) is 24.1 Å². The summed E-state index contributed by atoms with van der Waals surface area (Å²) in [6.45, 7) is 1.77. The van der Waals surface area contributed by atoms with Crippen molar-refractivity contribution in [1.29, 1.82) is 5.26 Å². The Bertz CT molecular complexity index is 663. The van der Waals surface area contributed by atoms with Gasteiger partial charge in [0, 0.05) is 11.4 Å². The van der Waals surface area contributed by atoms with Gasteiger partial charge in [-0.1, -0.05) is 29.8 Å². The number of rotatable bonds is 3. The molecule has 1 atom stereocenters. The van der Waals surface area contributed by atoms with Crippen molar-refractivity contribution in [3.05, 3.63) is 41.0 Å². The predicted molar refractivity (Wildman–Crippen MR) is 73.9 cm³/mol. The van der Waals surface area contributed by atoms with Crippen LogP contribution in [0.3, 0.4) is 0 Å². The third kappa shape index (κ3) is 3.01. The molecule has 0 aliphatic carbocycles. The van der Waals surface area contributed by atoms with Crippen LogP contribution >= 0.6 is 11.6 Å². The summed E-state index contributed by atoms with van der Waals surface area (Å²) in [6.07, 6.45) is 0.257. The van der Waals surface area contributed by atoms with Crippen molar-refractivity contribution >= 4 is 28.4 Å². The molecule has 0 fully saturated rings. The van der Waals surface area contributed by atoms with Crippen LogP contribution in [0.4, 0.5) is 0 Å². The highest BCUT2D eigenvalue weighted by molar-refractivity contribution is 6.35. The Balaban J connectivity index is 2.31. The van der Waals surface area contributed by atoms with Gasteiger partial charge in [0.15, 0.2) is 0 Å². The SMILES string of the molecule is CC(CC#N)NC(=O)c1cc(Cl)c2ccccc2n1. The summed E-state index contributed by atoms with van der Waals surface area (Å²) >= 11 is 6.13. The molecule has 2 rings (SSSR count). The standard InChI is InChI=1S/C14H12ClN3O/c1-9(6-7-16)17-14(19)13-8-11(15)10-4-2-3-5-12(10)18-13/h2-5,8-9H,6H2,1H3,(H,17,19). The number of halogens is 1. The number of nitrogens with zero attached hydrogens (tertiary/aromatic N) is 2. The van der Waals surface area contributed by atoms with Crippen LogP contribution in [0.15, 0.2) is 30.3 Å². The first-order chi connectivity index (χ1) is 9.11. The summed E-state index contributed by atoms with van der Waals surface area (Å²) in [7, 11) is 0. The number of nitrogens with one attached hydrogen (secondary N) is 1. The zero-order valence-corrected chi connectivity index (χ0v) is 11.1. The maximum absolute atomic E-state index is 12.0. The Morgan fingerprint density at radius 3 is 3.00 bits per heavy atom. The maximum atomic E-state index is 12.0. The van der Waals surface area contributed by atoms with Gasteiger partial charge in [0.1, 0.15) is 5.69 Å². The fourth-order valence-corrected chi connectivity index (χ4v) is 2.00. The van der Waals surface area contributed by atoms with Gasteiger partial charge in [-0.2, -0.15) is 5.26 Å². The Hall–Kier alpha value is -2.12. The molecule has 0 aliphatic rings. The maximum Gasteiger partial charge on any atom is 0.270 e. The molecular weight excluding hydrogens is 262 g/mol. The molecule has 5 heteroatoms. The quantitative estimate of drug-likeness (QED) is 0.935. The third-order valence-electron chi connectivity index (χ3n) is 2.67. The van der Waals surface area contributed by atoms with Crippen LogP contribution in [0, 0.1) is 11.3 Å². The summed E-state index contributed by atoms with van der Waals surface area (Å²) in [4.78, 5) is 16.3. The Morgan fingerprint density at radius 2 is 2.26 bits per heavy atom. The molecular formula is C14H12ClN3O. The van der Waals surface area contributed by atoms with Gasteiger partial charge in [0.2, 0.25) is 0 Å². The van der Waals surface area contributed by atoms with Crippen molar-refractivity contribution in [3.63, 3.8) is 0 Å². The van der Waals surface area contributed by atoms with Crippen LogP contribution in [-0.4, -0.2) is 16.9 Å². The van der Waals surface area contributed by atoms with Crippen LogP contribution < -0.4 is 5.32 Å². The molecule has 1 aromatic heterocycles. The van der Waals surface area contributed by atoms with E-state index in [1.165, 1.54) is 6.07 Å². The van der Waals surface area contributed by atoms with Crippen molar-refractivity contribution in [2.24, 2.45) is 0 Å². The monoisotopic (exact) mass is 273 g/mol. The van der Waals surface area contributed by atoms with Crippen molar-refractivity contribution in [3.8, 4) is 6.07 Å². The molecule has 1 aromatic carbocycles. The summed E-state index contributed by atoms with van der Waals surface area (Å²) in [5.41, 5.74) is 0.932. The van der Waals surface area contributed by atoms with Crippen LogP contribution in [0.1, 0.15) is 23.8 Å². The first-order valence-electron chi connectivity index (χ1n) is 5.85. The highest BCUT2D eigenvalue weighted by Gasteiger charge is 2.13. The van der Waals surface area contributed by atoms with Crippen molar-refractivity contribution in [2.45, 2.75) is 19.4 Å². The summed E-state index contributed by atoms with van der Waals surface area (Å²) in [6, 6.07) is 10.7. The number of carbonyl (C=O) groups excluding carboxylic acids is 1. The van der Waals surface area contributed by atoms with Gasteiger partial charge in [-0.3, -0.25) is 4.79 Å². The number of aromatic nitrogens is 1. The lowest BCUT2D eigenvalue weighted by Gasteiger charge is -2.10. The summed E-state index contributed by atoms with van der Waals surface area (Å²) < 4.78 is 0. The number of hydrogen-bond acceptors (Lipinski definition) is 3. The number of nitriles is 1. The van der Waals surface area contributed by atoms with E-state index in [4.69, 9.17) is 16.9 Å². The van der Waals surface area contributed by atoms with E-state index in [9.17, 15) is 4.79 Å². The molecule has 0 saturated carbocycles. The Kier molecular flexibility index (Phi) is 3.98. The predicted octanol–water partition coefficient (Wildman–Crippen LogP) is 2.92. The van der Waals surface area contributed by atoms with Gasteiger partial charge in [-0.05, 0) is 19.1 Å². The molecule has 96 valence electrons. The van der Waals surface area contributed by atoms with E-state index < -0.39 is 0 Å². The van der Waals surface area contributed by atoms with E-state index in [2.05, 4.69) is 10.3 Å². The number of benzene rings is 1. The van der Waals surface area contributed by atoms with Gasteiger partial charge < -0.3 is 5.32 Å². The average molecular weight is 274 g/mol. The largest absolute Gasteiger partial charge is 0.347 e. The highest BCUT2D eigenvalue weighted by Crippen LogP contribution is 2.22. The molecule has 0 radical (unpaired) electrons. The molecule has 0 spiro atoms. The van der Waals surface area contributed by atoms with Crippen molar-refractivity contribution < 1.29 is 4.79 Å². The highest BCUT2D eigenvalue weighted by atomic mass is 35.5. The zero-order valence-electron chi connectivity index (χ0n) is 10.4. The minimum atomic E-state index is -0.324. The topological polar surface area (TPSA) is 65.8 Å². The summed E-state index contributed by atoms with van der Waals surface area (Å²) in [5.74, 6) is -0.324. The number of hydrogen-bond donors (Lipinski definition) is 1. The van der Waals surface area contributed by atoms with Crippen molar-refractivity contribution in [1.82, 2.24) is 10.3 Å². The second-order valence-corrected chi connectivity index (χ2v) is 4.65. The second kappa shape index (κ2) is 5.68. The zero-order chi connectivity index (χ0) is 13.8. The van der Waals surface area contributed by atoms with Gasteiger partial charge in [0.05, 0.1) is 23.0 Å². The van der Waals surface area contributed by atoms with Crippen LogP contribution in [0.5, 0.6) is 0 Å². The lowest BCUT2D eigenvalue weighted by atomic mass is 10.2. The molecule has 0 aliphatic heterocycles. The van der Waals surface area contributed by atoms with Crippen LogP contribution in [0.25, 0.3) is 10.9 Å². The lowest BCUT2D eigenvalue weighted by Crippen LogP contribution is -2.32. The van der Waals surface area contributed by atoms with Gasteiger partial charge in [-0.15, -0.1) is 0 Å². The van der Waals surface area contributed by atoms with Crippen LogP contribution in [-0.2, 0) is 0 Å². The number of carbonyl (C=O) groups is 1. The fourth-order valence-electron chi connectivity index (χ4n) is 1.73. The van der Waals surface area contributed by atoms with Gasteiger partial charge in [0.25, 0.3) is 5.91 Å². The molecule has 1 unspecified atom stereocenters. The number of amides is 1. The molecule has 0 bridgehead atoms. The Morgan fingerprint density at radius 1 is 1.53 bits per heavy atom. The lowest BCUT2D eigenvalue weighted by molar-refractivity contribution is 0.0936. The first kappa shape index (κ1) is 13.3. The van der Waals surface area contributed by atoms with Gasteiger partial charge >= 0.3 is 0 Å². The van der Waals surface area contributed by atoms with E-state index in [0.29, 0.717) is 10.5 Å². The molecule has 1 N–H and O–H groups in total. The van der Waals surface area contributed by atoms with E-state index >= 15 is 0 Å². The normalized spacial score (nSPS) is 11.8. The molecule has 0 saturated heterocycles. The fraction of sp³-hybridized carbons (Fsp3) is 0.214. The minimum Gasteiger partial charge on any atom is -0.347 e. The number of para-hydroxylation sites is 1. The van der Waals surface area contributed by atoms with E-state index in [1.54, 1.807) is 13.0 Å². The molecule has 1 heterocycles. The van der Waals surface area contributed by atoms with Crippen LogP contribution in [0.2, 0.25) is 5.02 Å². The third-order valence-corrected chi connectivity index (χ3v) is 2.99. The molecule has 4 nitrogen and oxygen atoms in total. The molecule has 2 aromatic rings. The minimum absolute atomic E-state index is 0.218. The molecule has 1 amide bonds. The number of pyridine rings is 1. The first-order valence-corrected chi connectivity index (χ1v) is 6.22.